The number of rotatable bonds is 10. The molecule has 15 heteroatoms. The summed E-state index contributed by atoms with van der Waals surface area (Å²) in [5.41, 5.74) is 17.5. The molecule has 39 heavy (non-hydrogen) atoms. The number of H-pyrrole nitrogens is 1. The summed E-state index contributed by atoms with van der Waals surface area (Å²) in [5, 5.41) is 19.8. The third kappa shape index (κ3) is 6.65. The number of aromatic hydroxyl groups is 1. The highest BCUT2D eigenvalue weighted by atomic mass is 32.1. The number of aliphatic imine (C=N–C) groups is 1. The molecule has 0 fully saturated rings. The predicted octanol–water partition coefficient (Wildman–Crippen LogP) is 0.571. The number of ketones is 1. The number of carbonyl (C=O) groups excluding carboxylic acids is 3. The molecule has 1 amide bonds. The van der Waals surface area contributed by atoms with Crippen molar-refractivity contribution >= 4 is 53.2 Å². The van der Waals surface area contributed by atoms with Gasteiger partial charge in [0.1, 0.15) is 5.69 Å². The topological polar surface area (TPSA) is 232 Å². The largest absolute Gasteiger partial charge is 0.491 e. The number of imidazole rings is 1. The Labute approximate surface area is 226 Å². The molecule has 9 N–H and O–H groups in total. The van der Waals surface area contributed by atoms with E-state index in [-0.39, 0.29) is 22.1 Å². The predicted molar refractivity (Wildman–Crippen MR) is 142 cm³/mol. The van der Waals surface area contributed by atoms with Gasteiger partial charge < -0.3 is 37.2 Å². The van der Waals surface area contributed by atoms with E-state index in [0.717, 1.165) is 11.8 Å². The van der Waals surface area contributed by atoms with Crippen LogP contribution in [0.4, 0.5) is 11.4 Å². The third-order valence-electron chi connectivity index (χ3n) is 5.28. The van der Waals surface area contributed by atoms with Gasteiger partial charge >= 0.3 is 11.9 Å². The number of guanidine groups is 1. The number of benzene rings is 2. The molecule has 1 heterocycles. The Hall–Kier alpha value is -5.02. The number of carbonyl (C=O) groups is 4. The van der Waals surface area contributed by atoms with Gasteiger partial charge in [0, 0.05) is 11.3 Å². The van der Waals surface area contributed by atoms with Crippen molar-refractivity contribution in [3.8, 4) is 17.1 Å². The Bertz CT molecular complexity index is 1480. The molecule has 1 aromatic heterocycles. The summed E-state index contributed by atoms with van der Waals surface area (Å²) in [6.07, 6.45) is -0.753. The van der Waals surface area contributed by atoms with E-state index in [1.165, 1.54) is 12.1 Å². The number of Topliss-reactive ketones (excluding diaryl/α,β-unsaturated/α-hetero) is 1. The number of aromatic nitrogens is 2. The van der Waals surface area contributed by atoms with Crippen LogP contribution >= 0.6 is 12.2 Å². The first-order valence-electron chi connectivity index (χ1n) is 11.2. The van der Waals surface area contributed by atoms with Crippen molar-refractivity contribution in [2.45, 2.75) is 25.4 Å². The van der Waals surface area contributed by atoms with Crippen LogP contribution in [0.15, 0.2) is 59.6 Å². The van der Waals surface area contributed by atoms with Gasteiger partial charge in [-0.25, -0.2) is 9.79 Å². The fourth-order valence-corrected chi connectivity index (χ4v) is 3.81. The zero-order valence-electron chi connectivity index (χ0n) is 20.5. The van der Waals surface area contributed by atoms with Crippen LogP contribution in [0, 0.1) is 4.77 Å². The van der Waals surface area contributed by atoms with Gasteiger partial charge in [-0.15, -0.1) is 4.73 Å². The SMILES string of the molecule is CC(=O)[C@@H](C(=O)On1c(O)c(-c2ccc(N=C(N)N)cc2)[nH]c1=S)N(C(=O)[C@@H](N)CC(=O)O)c1ccccc1. The molecule has 0 aliphatic carbocycles. The van der Waals surface area contributed by atoms with Crippen molar-refractivity contribution in [1.82, 2.24) is 9.71 Å². The quantitative estimate of drug-likeness (QED) is 0.0875. The first kappa shape index (κ1) is 28.5. The highest BCUT2D eigenvalue weighted by molar-refractivity contribution is 7.71. The van der Waals surface area contributed by atoms with Crippen molar-refractivity contribution in [3.63, 3.8) is 0 Å². The highest BCUT2D eigenvalue weighted by Crippen LogP contribution is 2.29. The van der Waals surface area contributed by atoms with Crippen molar-refractivity contribution in [2.24, 2.45) is 22.2 Å². The molecule has 0 saturated heterocycles. The van der Waals surface area contributed by atoms with E-state index < -0.39 is 48.0 Å². The van der Waals surface area contributed by atoms with Crippen LogP contribution in [0.1, 0.15) is 13.3 Å². The Kier molecular flexibility index (Phi) is 8.80. The summed E-state index contributed by atoms with van der Waals surface area (Å²) in [7, 11) is 0. The number of hydrogen-bond acceptors (Lipinski definition) is 9. The van der Waals surface area contributed by atoms with Crippen molar-refractivity contribution in [3.05, 3.63) is 59.4 Å². The average Bonchev–Trinajstić information content (AvgIpc) is 3.15. The number of anilines is 1. The lowest BCUT2D eigenvalue weighted by molar-refractivity contribution is -0.150. The van der Waals surface area contributed by atoms with Gasteiger partial charge in [-0.2, -0.15) is 0 Å². The fourth-order valence-electron chi connectivity index (χ4n) is 3.59. The van der Waals surface area contributed by atoms with Crippen LogP contribution in [0.25, 0.3) is 11.3 Å². The van der Waals surface area contributed by atoms with Crippen LogP contribution in [0.2, 0.25) is 0 Å². The van der Waals surface area contributed by atoms with Crippen LogP contribution in [-0.4, -0.2) is 61.6 Å². The summed E-state index contributed by atoms with van der Waals surface area (Å²) >= 11 is 5.18. The van der Waals surface area contributed by atoms with E-state index in [1.807, 2.05) is 0 Å². The van der Waals surface area contributed by atoms with Crippen LogP contribution in [-0.2, 0) is 19.2 Å². The Morgan fingerprint density at radius 1 is 1.10 bits per heavy atom. The average molecular weight is 556 g/mol. The highest BCUT2D eigenvalue weighted by Gasteiger charge is 2.39. The van der Waals surface area contributed by atoms with Gasteiger partial charge in [-0.1, -0.05) is 30.3 Å². The van der Waals surface area contributed by atoms with Crippen molar-refractivity contribution in [2.75, 3.05) is 4.90 Å². The Morgan fingerprint density at radius 2 is 1.72 bits per heavy atom. The van der Waals surface area contributed by atoms with Gasteiger partial charge in [0.25, 0.3) is 5.88 Å². The summed E-state index contributed by atoms with van der Waals surface area (Å²) in [6, 6.07) is 10.3. The maximum atomic E-state index is 13.3. The molecular formula is C24H25N7O7S. The smallest absolute Gasteiger partial charge is 0.363 e. The number of para-hydroxylation sites is 1. The lowest BCUT2D eigenvalue weighted by Crippen LogP contribution is -2.56. The maximum absolute atomic E-state index is 13.3. The molecule has 0 bridgehead atoms. The van der Waals surface area contributed by atoms with E-state index in [4.69, 9.17) is 39.4 Å². The molecule has 0 aliphatic rings. The second kappa shape index (κ2) is 12.0. The Balaban J connectivity index is 1.98. The number of aliphatic carboxylic acids is 1. The van der Waals surface area contributed by atoms with E-state index in [1.54, 1.807) is 42.5 Å². The van der Waals surface area contributed by atoms with Crippen molar-refractivity contribution in [1.29, 1.82) is 0 Å². The molecule has 3 aromatic rings. The normalized spacial score (nSPS) is 12.2. The van der Waals surface area contributed by atoms with E-state index in [0.29, 0.717) is 16.0 Å². The summed E-state index contributed by atoms with van der Waals surface area (Å²) in [5.74, 6) is -5.23. The minimum Gasteiger partial charge on any atom is -0.491 e. The van der Waals surface area contributed by atoms with Gasteiger partial charge in [0.15, 0.2) is 17.8 Å². The number of nitrogens with two attached hydrogens (primary N) is 3. The number of carboxylic acid groups (broad SMARTS) is 1. The zero-order chi connectivity index (χ0) is 28.9. The summed E-state index contributed by atoms with van der Waals surface area (Å²) < 4.78 is 0.337. The molecular weight excluding hydrogens is 530 g/mol. The van der Waals surface area contributed by atoms with E-state index in [2.05, 4.69) is 9.98 Å². The van der Waals surface area contributed by atoms with E-state index >= 15 is 0 Å². The van der Waals surface area contributed by atoms with Gasteiger partial charge in [0.05, 0.1) is 18.2 Å². The van der Waals surface area contributed by atoms with Crippen LogP contribution in [0.3, 0.4) is 0 Å². The van der Waals surface area contributed by atoms with Gasteiger partial charge in [0.2, 0.25) is 10.7 Å². The fraction of sp³-hybridized carbons (Fsp3) is 0.167. The molecule has 2 atom stereocenters. The number of hydrogen-bond donors (Lipinski definition) is 6. The summed E-state index contributed by atoms with van der Waals surface area (Å²) in [4.78, 5) is 62.9. The summed E-state index contributed by atoms with van der Waals surface area (Å²) in [6.45, 7) is 1.04. The first-order valence-corrected chi connectivity index (χ1v) is 11.6. The molecule has 3 rings (SSSR count). The third-order valence-corrected chi connectivity index (χ3v) is 5.55. The number of nitrogens with zero attached hydrogens (tertiary/aromatic N) is 3. The molecule has 204 valence electrons. The minimum atomic E-state index is -1.89. The van der Waals surface area contributed by atoms with Gasteiger partial charge in [-0.05, 0) is 43.4 Å². The lowest BCUT2D eigenvalue weighted by atomic mass is 10.1. The molecule has 0 aliphatic heterocycles. The molecule has 0 spiro atoms. The molecule has 2 aromatic carbocycles. The van der Waals surface area contributed by atoms with Crippen molar-refractivity contribution < 1.29 is 34.2 Å². The van der Waals surface area contributed by atoms with Crippen LogP contribution in [0.5, 0.6) is 5.88 Å². The second-order valence-electron chi connectivity index (χ2n) is 8.18. The standard InChI is InChI=1S/C24H25N7O7S/c1-12(32)19(30(15-5-3-2-4-6-15)20(35)16(25)11-17(33)34)22(37)38-31-21(36)18(29-24(31)39)13-7-9-14(10-8-13)28-23(26)27/h2-10,16,19,36H,11,25H2,1H3,(H,29,39)(H,33,34)(H4,26,27,28)/t16-,19-/m0/s1. The number of carboxylic acids is 1. The Morgan fingerprint density at radius 3 is 2.26 bits per heavy atom. The maximum Gasteiger partial charge on any atom is 0.363 e. The van der Waals surface area contributed by atoms with Gasteiger partial charge in [-0.3, -0.25) is 19.3 Å². The molecule has 0 radical (unpaired) electrons. The number of aromatic amines is 1. The zero-order valence-corrected chi connectivity index (χ0v) is 21.3. The minimum absolute atomic E-state index is 0.0721. The number of amides is 1. The van der Waals surface area contributed by atoms with E-state index in [9.17, 15) is 24.3 Å². The first-order chi connectivity index (χ1) is 18.4. The molecule has 0 saturated carbocycles. The van der Waals surface area contributed by atoms with Crippen LogP contribution < -0.4 is 26.9 Å². The molecule has 0 unspecified atom stereocenters. The lowest BCUT2D eigenvalue weighted by Gasteiger charge is -2.30. The molecule has 14 nitrogen and oxygen atoms in total. The monoisotopic (exact) mass is 555 g/mol. The number of nitrogens with one attached hydrogen (secondary N) is 1. The second-order valence-corrected chi connectivity index (χ2v) is 8.57.